The summed E-state index contributed by atoms with van der Waals surface area (Å²) in [6, 6.07) is 10.2. The Hall–Kier alpha value is -0.630. The zero-order valence-corrected chi connectivity index (χ0v) is 10.7. The van der Waals surface area contributed by atoms with Crippen molar-refractivity contribution in [3.05, 3.63) is 35.9 Å². The summed E-state index contributed by atoms with van der Waals surface area (Å²) >= 11 is 3.43. The standard InChI is InChI=1S/C13H17BrO/c1-2-6-12(14)13(15)10-9-11-7-4-3-5-8-11/h3-5,7-8,12H,2,6,9-10H2,1H3. The molecule has 2 heteroatoms. The Morgan fingerprint density at radius 2 is 2.00 bits per heavy atom. The molecule has 0 bridgehead atoms. The molecular formula is C13H17BrO. The summed E-state index contributed by atoms with van der Waals surface area (Å²) in [7, 11) is 0. The Bertz CT molecular complexity index is 295. The molecule has 1 rings (SSSR count). The normalized spacial score (nSPS) is 12.4. The molecule has 1 nitrogen and oxygen atoms in total. The van der Waals surface area contributed by atoms with Crippen molar-refractivity contribution >= 4 is 21.7 Å². The van der Waals surface area contributed by atoms with Gasteiger partial charge >= 0.3 is 0 Å². The largest absolute Gasteiger partial charge is 0.298 e. The molecule has 0 N–H and O–H groups in total. The number of aryl methyl sites for hydroxylation is 1. The van der Waals surface area contributed by atoms with Crippen LogP contribution in [-0.2, 0) is 11.2 Å². The van der Waals surface area contributed by atoms with Crippen LogP contribution in [0.1, 0.15) is 31.7 Å². The molecule has 0 fully saturated rings. The van der Waals surface area contributed by atoms with E-state index in [1.807, 2.05) is 18.2 Å². The Labute approximate surface area is 100 Å². The van der Waals surface area contributed by atoms with E-state index in [4.69, 9.17) is 0 Å². The van der Waals surface area contributed by atoms with Crippen molar-refractivity contribution in [3.8, 4) is 0 Å². The van der Waals surface area contributed by atoms with Crippen molar-refractivity contribution in [2.45, 2.75) is 37.4 Å². The van der Waals surface area contributed by atoms with Crippen LogP contribution in [0.25, 0.3) is 0 Å². The Kier molecular flexibility index (Phi) is 5.62. The van der Waals surface area contributed by atoms with Crippen molar-refractivity contribution in [2.75, 3.05) is 0 Å². The second kappa shape index (κ2) is 6.78. The van der Waals surface area contributed by atoms with Crippen molar-refractivity contribution in [3.63, 3.8) is 0 Å². The van der Waals surface area contributed by atoms with Crippen molar-refractivity contribution in [1.29, 1.82) is 0 Å². The van der Waals surface area contributed by atoms with Gasteiger partial charge in [0.1, 0.15) is 5.78 Å². The van der Waals surface area contributed by atoms with Gasteiger partial charge in [-0.2, -0.15) is 0 Å². The Morgan fingerprint density at radius 1 is 1.33 bits per heavy atom. The van der Waals surface area contributed by atoms with E-state index in [0.29, 0.717) is 12.2 Å². The summed E-state index contributed by atoms with van der Waals surface area (Å²) in [4.78, 5) is 11.7. The van der Waals surface area contributed by atoms with Crippen LogP contribution in [0.2, 0.25) is 0 Å². The third kappa shape index (κ3) is 4.61. The lowest BCUT2D eigenvalue weighted by Gasteiger charge is -2.06. The van der Waals surface area contributed by atoms with Crippen LogP contribution >= 0.6 is 15.9 Å². The molecule has 0 aliphatic rings. The van der Waals surface area contributed by atoms with Gasteiger partial charge in [0.05, 0.1) is 4.83 Å². The fourth-order valence-corrected chi connectivity index (χ4v) is 2.17. The molecule has 0 aromatic heterocycles. The molecule has 0 amide bonds. The molecule has 0 aliphatic heterocycles. The van der Waals surface area contributed by atoms with Gasteiger partial charge in [-0.15, -0.1) is 0 Å². The van der Waals surface area contributed by atoms with Crippen LogP contribution in [0.15, 0.2) is 30.3 Å². The number of benzene rings is 1. The van der Waals surface area contributed by atoms with Gasteiger partial charge in [0.15, 0.2) is 0 Å². The lowest BCUT2D eigenvalue weighted by atomic mass is 10.0. The molecule has 1 aromatic rings. The first kappa shape index (κ1) is 12.4. The zero-order valence-electron chi connectivity index (χ0n) is 9.08. The third-order valence-electron chi connectivity index (χ3n) is 2.39. The van der Waals surface area contributed by atoms with Crippen molar-refractivity contribution in [1.82, 2.24) is 0 Å². The zero-order chi connectivity index (χ0) is 11.1. The quantitative estimate of drug-likeness (QED) is 0.719. The average Bonchev–Trinajstić information content (AvgIpc) is 2.27. The number of rotatable bonds is 6. The van der Waals surface area contributed by atoms with Crippen LogP contribution in [0.4, 0.5) is 0 Å². The highest BCUT2D eigenvalue weighted by atomic mass is 79.9. The molecule has 0 aliphatic carbocycles. The maximum Gasteiger partial charge on any atom is 0.146 e. The number of carbonyl (C=O) groups excluding carboxylic acids is 1. The highest BCUT2D eigenvalue weighted by Crippen LogP contribution is 2.13. The summed E-state index contributed by atoms with van der Waals surface area (Å²) in [6.07, 6.45) is 3.48. The molecule has 0 saturated heterocycles. The third-order valence-corrected chi connectivity index (χ3v) is 3.36. The first-order valence-corrected chi connectivity index (χ1v) is 6.36. The van der Waals surface area contributed by atoms with E-state index in [9.17, 15) is 4.79 Å². The van der Waals surface area contributed by atoms with Crippen LogP contribution in [0.5, 0.6) is 0 Å². The number of hydrogen-bond donors (Lipinski definition) is 0. The second-order valence-electron chi connectivity index (χ2n) is 3.71. The van der Waals surface area contributed by atoms with Crippen LogP contribution < -0.4 is 0 Å². The van der Waals surface area contributed by atoms with Gasteiger partial charge in [0.25, 0.3) is 0 Å². The summed E-state index contributed by atoms with van der Waals surface area (Å²) in [5.74, 6) is 0.320. The van der Waals surface area contributed by atoms with Crippen LogP contribution in [-0.4, -0.2) is 10.6 Å². The first-order chi connectivity index (χ1) is 7.24. The van der Waals surface area contributed by atoms with Crippen molar-refractivity contribution < 1.29 is 4.79 Å². The second-order valence-corrected chi connectivity index (χ2v) is 4.81. The number of carbonyl (C=O) groups is 1. The maximum atomic E-state index is 11.7. The summed E-state index contributed by atoms with van der Waals surface area (Å²) in [6.45, 7) is 2.10. The number of Topliss-reactive ketones (excluding diaryl/α,β-unsaturated/α-hetero) is 1. The van der Waals surface area contributed by atoms with Gasteiger partial charge in [0.2, 0.25) is 0 Å². The minimum atomic E-state index is 0.0474. The van der Waals surface area contributed by atoms with Gasteiger partial charge in [0, 0.05) is 6.42 Å². The summed E-state index contributed by atoms with van der Waals surface area (Å²) in [5, 5.41) is 0. The van der Waals surface area contributed by atoms with E-state index in [1.165, 1.54) is 5.56 Å². The monoisotopic (exact) mass is 268 g/mol. The summed E-state index contributed by atoms with van der Waals surface area (Å²) < 4.78 is 0. The fourth-order valence-electron chi connectivity index (χ4n) is 1.48. The predicted octanol–water partition coefficient (Wildman–Crippen LogP) is 3.75. The fraction of sp³-hybridized carbons (Fsp3) is 0.462. The minimum Gasteiger partial charge on any atom is -0.298 e. The lowest BCUT2D eigenvalue weighted by molar-refractivity contribution is -0.118. The van der Waals surface area contributed by atoms with Gasteiger partial charge in [-0.1, -0.05) is 59.6 Å². The topological polar surface area (TPSA) is 17.1 Å². The number of alkyl halides is 1. The predicted molar refractivity (Wildman–Crippen MR) is 67.4 cm³/mol. The smallest absolute Gasteiger partial charge is 0.146 e. The van der Waals surface area contributed by atoms with E-state index in [1.54, 1.807) is 0 Å². The van der Waals surface area contributed by atoms with Gasteiger partial charge < -0.3 is 0 Å². The number of ketones is 1. The molecular weight excluding hydrogens is 252 g/mol. The molecule has 0 spiro atoms. The van der Waals surface area contributed by atoms with E-state index < -0.39 is 0 Å². The molecule has 1 atom stereocenters. The molecule has 0 heterocycles. The Balaban J connectivity index is 2.34. The average molecular weight is 269 g/mol. The number of halogens is 1. The van der Waals surface area contributed by atoms with Crippen LogP contribution in [0.3, 0.4) is 0 Å². The van der Waals surface area contributed by atoms with Gasteiger partial charge in [-0.05, 0) is 18.4 Å². The lowest BCUT2D eigenvalue weighted by Crippen LogP contribution is -2.14. The van der Waals surface area contributed by atoms with E-state index in [2.05, 4.69) is 35.0 Å². The highest BCUT2D eigenvalue weighted by molar-refractivity contribution is 9.10. The molecule has 0 saturated carbocycles. The molecule has 1 unspecified atom stereocenters. The van der Waals surface area contributed by atoms with E-state index in [0.717, 1.165) is 19.3 Å². The molecule has 82 valence electrons. The van der Waals surface area contributed by atoms with E-state index >= 15 is 0 Å². The molecule has 0 radical (unpaired) electrons. The number of hydrogen-bond acceptors (Lipinski definition) is 1. The highest BCUT2D eigenvalue weighted by Gasteiger charge is 2.12. The van der Waals surface area contributed by atoms with E-state index in [-0.39, 0.29) is 4.83 Å². The first-order valence-electron chi connectivity index (χ1n) is 5.44. The SMILES string of the molecule is CCCC(Br)C(=O)CCc1ccccc1. The summed E-state index contributed by atoms with van der Waals surface area (Å²) in [5.41, 5.74) is 1.24. The Morgan fingerprint density at radius 3 is 2.60 bits per heavy atom. The maximum absolute atomic E-state index is 11.7. The molecule has 1 aromatic carbocycles. The van der Waals surface area contributed by atoms with Crippen LogP contribution in [0, 0.1) is 0 Å². The van der Waals surface area contributed by atoms with Crippen molar-refractivity contribution in [2.24, 2.45) is 0 Å². The van der Waals surface area contributed by atoms with Gasteiger partial charge in [-0.3, -0.25) is 4.79 Å². The minimum absolute atomic E-state index is 0.0474. The molecule has 15 heavy (non-hydrogen) atoms. The van der Waals surface area contributed by atoms with Gasteiger partial charge in [-0.25, -0.2) is 0 Å².